The standard InChI is InChI=1S/C23H22N4O3S/c1-16-6-7-17(2)21(14-16)31(28,29)26-19-8-10-20(11-9-19)30-23-15-22(24-18(3)25-23)27-12-4-5-13-27/h4-15,26H,1-3H3. The van der Waals surface area contributed by atoms with Crippen LogP contribution in [-0.2, 0) is 10.0 Å². The molecule has 7 nitrogen and oxygen atoms in total. The normalized spacial score (nSPS) is 11.3. The second-order valence-corrected chi connectivity index (χ2v) is 8.85. The minimum Gasteiger partial charge on any atom is -0.439 e. The fourth-order valence-electron chi connectivity index (χ4n) is 3.12. The maximum Gasteiger partial charge on any atom is 0.262 e. The Morgan fingerprint density at radius 2 is 1.61 bits per heavy atom. The van der Waals surface area contributed by atoms with E-state index in [4.69, 9.17) is 4.74 Å². The summed E-state index contributed by atoms with van der Waals surface area (Å²) in [6.07, 6.45) is 3.78. The van der Waals surface area contributed by atoms with Crippen LogP contribution in [0.1, 0.15) is 17.0 Å². The van der Waals surface area contributed by atoms with Crippen molar-refractivity contribution < 1.29 is 13.2 Å². The third kappa shape index (κ3) is 4.75. The lowest BCUT2D eigenvalue weighted by Crippen LogP contribution is -2.14. The monoisotopic (exact) mass is 434 g/mol. The number of nitrogens with one attached hydrogen (secondary N) is 1. The highest BCUT2D eigenvalue weighted by Crippen LogP contribution is 2.25. The van der Waals surface area contributed by atoms with Gasteiger partial charge in [-0.2, -0.15) is 4.98 Å². The largest absolute Gasteiger partial charge is 0.439 e. The predicted octanol–water partition coefficient (Wildman–Crippen LogP) is 4.79. The molecule has 0 amide bonds. The van der Waals surface area contributed by atoms with Crippen LogP contribution in [0.2, 0.25) is 0 Å². The van der Waals surface area contributed by atoms with Gasteiger partial charge in [0.2, 0.25) is 5.88 Å². The Morgan fingerprint density at radius 1 is 0.903 bits per heavy atom. The van der Waals surface area contributed by atoms with Crippen LogP contribution in [-0.4, -0.2) is 23.0 Å². The first-order valence-corrected chi connectivity index (χ1v) is 11.2. The molecular formula is C23H22N4O3S. The van der Waals surface area contributed by atoms with Gasteiger partial charge in [-0.15, -0.1) is 0 Å². The molecule has 8 heteroatoms. The Morgan fingerprint density at radius 3 is 2.32 bits per heavy atom. The van der Waals surface area contributed by atoms with E-state index in [0.29, 0.717) is 34.5 Å². The van der Waals surface area contributed by atoms with Gasteiger partial charge in [-0.1, -0.05) is 12.1 Å². The van der Waals surface area contributed by atoms with Crippen molar-refractivity contribution in [2.75, 3.05) is 4.72 Å². The molecule has 0 spiro atoms. The zero-order valence-corrected chi connectivity index (χ0v) is 18.2. The minimum atomic E-state index is -3.69. The Kier molecular flexibility index (Phi) is 5.48. The molecule has 158 valence electrons. The summed E-state index contributed by atoms with van der Waals surface area (Å²) < 4.78 is 35.9. The summed E-state index contributed by atoms with van der Waals surface area (Å²) in [7, 11) is -3.69. The van der Waals surface area contributed by atoms with Crippen LogP contribution in [0.15, 0.2) is 78.0 Å². The molecule has 0 atom stereocenters. The molecule has 0 saturated carbocycles. The summed E-state index contributed by atoms with van der Waals surface area (Å²) in [5, 5.41) is 0. The topological polar surface area (TPSA) is 86.1 Å². The number of aromatic nitrogens is 3. The van der Waals surface area contributed by atoms with Crippen LogP contribution in [0.5, 0.6) is 11.6 Å². The smallest absolute Gasteiger partial charge is 0.262 e. The number of ether oxygens (including phenoxy) is 1. The van der Waals surface area contributed by atoms with E-state index in [2.05, 4.69) is 14.7 Å². The first kappa shape index (κ1) is 20.6. The van der Waals surface area contributed by atoms with E-state index >= 15 is 0 Å². The number of sulfonamides is 1. The summed E-state index contributed by atoms with van der Waals surface area (Å²) in [6.45, 7) is 5.43. The average molecular weight is 435 g/mol. The fraction of sp³-hybridized carbons (Fsp3) is 0.130. The lowest BCUT2D eigenvalue weighted by molar-refractivity contribution is 0.459. The van der Waals surface area contributed by atoms with Gasteiger partial charge in [0.05, 0.1) is 4.90 Å². The van der Waals surface area contributed by atoms with E-state index in [0.717, 1.165) is 5.56 Å². The molecule has 4 rings (SSSR count). The summed E-state index contributed by atoms with van der Waals surface area (Å²) in [4.78, 5) is 9.00. The lowest BCUT2D eigenvalue weighted by atomic mass is 10.2. The quantitative estimate of drug-likeness (QED) is 0.472. The van der Waals surface area contributed by atoms with E-state index in [9.17, 15) is 8.42 Å². The van der Waals surface area contributed by atoms with Gasteiger partial charge in [0, 0.05) is 24.1 Å². The molecule has 1 N–H and O–H groups in total. The molecule has 2 aromatic heterocycles. The molecular weight excluding hydrogens is 412 g/mol. The maximum absolute atomic E-state index is 12.8. The van der Waals surface area contributed by atoms with Gasteiger partial charge in [0.25, 0.3) is 10.0 Å². The third-order valence-electron chi connectivity index (χ3n) is 4.63. The number of nitrogens with zero attached hydrogens (tertiary/aromatic N) is 3. The molecule has 0 radical (unpaired) electrons. The van der Waals surface area contributed by atoms with Crippen LogP contribution < -0.4 is 9.46 Å². The molecule has 4 aromatic rings. The second kappa shape index (κ2) is 8.23. The summed E-state index contributed by atoms with van der Waals surface area (Å²) in [5.41, 5.74) is 2.02. The first-order valence-electron chi connectivity index (χ1n) is 9.67. The Balaban J connectivity index is 1.52. The van der Waals surface area contributed by atoms with E-state index < -0.39 is 10.0 Å². The van der Waals surface area contributed by atoms with Crippen molar-refractivity contribution in [3.05, 3.63) is 90.0 Å². The minimum absolute atomic E-state index is 0.266. The Hall–Kier alpha value is -3.65. The van der Waals surface area contributed by atoms with Gasteiger partial charge in [-0.25, -0.2) is 13.4 Å². The molecule has 0 bridgehead atoms. The van der Waals surface area contributed by atoms with E-state index in [1.54, 1.807) is 56.3 Å². The van der Waals surface area contributed by atoms with Gasteiger partial charge < -0.3 is 9.30 Å². The van der Waals surface area contributed by atoms with Crippen LogP contribution >= 0.6 is 0 Å². The van der Waals surface area contributed by atoms with Crippen molar-refractivity contribution in [1.29, 1.82) is 0 Å². The van der Waals surface area contributed by atoms with E-state index in [1.807, 2.05) is 42.1 Å². The number of hydrogen-bond donors (Lipinski definition) is 1. The highest BCUT2D eigenvalue weighted by atomic mass is 32.2. The second-order valence-electron chi connectivity index (χ2n) is 7.20. The summed E-state index contributed by atoms with van der Waals surface area (Å²) >= 11 is 0. The van der Waals surface area contributed by atoms with Crippen LogP contribution in [0, 0.1) is 20.8 Å². The highest BCUT2D eigenvalue weighted by Gasteiger charge is 2.17. The van der Waals surface area contributed by atoms with Gasteiger partial charge in [-0.3, -0.25) is 4.72 Å². The van der Waals surface area contributed by atoms with Gasteiger partial charge in [0.15, 0.2) is 0 Å². The van der Waals surface area contributed by atoms with Crippen molar-refractivity contribution in [2.24, 2.45) is 0 Å². The van der Waals surface area contributed by atoms with Crippen LogP contribution in [0.3, 0.4) is 0 Å². The van der Waals surface area contributed by atoms with E-state index in [-0.39, 0.29) is 4.90 Å². The number of rotatable bonds is 6. The summed E-state index contributed by atoms with van der Waals surface area (Å²) in [5.74, 6) is 2.22. The SMILES string of the molecule is Cc1ccc(C)c(S(=O)(=O)Nc2ccc(Oc3cc(-n4cccc4)nc(C)n3)cc2)c1. The third-order valence-corrected chi connectivity index (χ3v) is 6.16. The van der Waals surface area contributed by atoms with Crippen molar-refractivity contribution >= 4 is 15.7 Å². The van der Waals surface area contributed by atoms with Crippen molar-refractivity contribution in [2.45, 2.75) is 25.7 Å². The lowest BCUT2D eigenvalue weighted by Gasteiger charge is -2.12. The fourth-order valence-corrected chi connectivity index (χ4v) is 4.51. The van der Waals surface area contributed by atoms with Crippen LogP contribution in [0.4, 0.5) is 5.69 Å². The predicted molar refractivity (Wildman–Crippen MR) is 119 cm³/mol. The molecule has 0 aliphatic rings. The van der Waals surface area contributed by atoms with Gasteiger partial charge in [0.1, 0.15) is 17.4 Å². The van der Waals surface area contributed by atoms with Crippen molar-refractivity contribution in [1.82, 2.24) is 14.5 Å². The van der Waals surface area contributed by atoms with Gasteiger partial charge >= 0.3 is 0 Å². The number of anilines is 1. The molecule has 0 fully saturated rings. The zero-order chi connectivity index (χ0) is 22.0. The molecule has 0 aliphatic heterocycles. The molecule has 0 unspecified atom stereocenters. The number of hydrogen-bond acceptors (Lipinski definition) is 5. The molecule has 0 aliphatic carbocycles. The zero-order valence-electron chi connectivity index (χ0n) is 17.4. The Labute approximate surface area is 181 Å². The van der Waals surface area contributed by atoms with E-state index in [1.165, 1.54) is 0 Å². The Bertz CT molecular complexity index is 1320. The van der Waals surface area contributed by atoms with Gasteiger partial charge in [-0.05, 0) is 74.4 Å². The number of aryl methyl sites for hydroxylation is 3. The molecule has 2 aromatic carbocycles. The first-order chi connectivity index (χ1) is 14.8. The maximum atomic E-state index is 12.8. The highest BCUT2D eigenvalue weighted by molar-refractivity contribution is 7.92. The van der Waals surface area contributed by atoms with Crippen molar-refractivity contribution in [3.8, 4) is 17.4 Å². The average Bonchev–Trinajstić information content (AvgIpc) is 3.26. The number of benzene rings is 2. The summed E-state index contributed by atoms with van der Waals surface area (Å²) in [6, 6.07) is 17.6. The molecule has 2 heterocycles. The molecule has 0 saturated heterocycles. The molecule has 31 heavy (non-hydrogen) atoms. The van der Waals surface area contributed by atoms with Crippen molar-refractivity contribution in [3.63, 3.8) is 0 Å². The van der Waals surface area contributed by atoms with Crippen LogP contribution in [0.25, 0.3) is 5.82 Å².